The van der Waals surface area contributed by atoms with Gasteiger partial charge in [-0.1, -0.05) is 41.4 Å². The smallest absolute Gasteiger partial charge is 0.234 e. The Morgan fingerprint density at radius 2 is 1.70 bits per heavy atom. The van der Waals surface area contributed by atoms with Crippen LogP contribution in [0, 0.1) is 0 Å². The number of thioether (sulfide) groups is 1. The number of benzene rings is 2. The van der Waals surface area contributed by atoms with Gasteiger partial charge in [0.2, 0.25) is 5.91 Å². The van der Waals surface area contributed by atoms with E-state index in [1.54, 1.807) is 36.4 Å². The van der Waals surface area contributed by atoms with Crippen molar-refractivity contribution in [2.75, 3.05) is 17.3 Å². The van der Waals surface area contributed by atoms with Crippen molar-refractivity contribution in [1.29, 1.82) is 0 Å². The van der Waals surface area contributed by atoms with Crippen molar-refractivity contribution in [2.45, 2.75) is 9.79 Å². The Hall–Kier alpha value is -1.21. The van der Waals surface area contributed by atoms with E-state index < -0.39 is 9.84 Å². The summed E-state index contributed by atoms with van der Waals surface area (Å²) in [6.07, 6.45) is 1.09. The molecule has 0 unspecified atom stereocenters. The number of para-hydroxylation sites is 1. The minimum atomic E-state index is -3.42. The summed E-state index contributed by atoms with van der Waals surface area (Å²) in [5.41, 5.74) is 0.255. The lowest BCUT2D eigenvalue weighted by Gasteiger charge is -2.10. The molecule has 23 heavy (non-hydrogen) atoms. The van der Waals surface area contributed by atoms with Gasteiger partial charge in [-0.25, -0.2) is 8.42 Å². The monoisotopic (exact) mass is 389 g/mol. The molecule has 122 valence electrons. The molecular formula is C15H13Cl2NO3S2. The quantitative estimate of drug-likeness (QED) is 0.780. The molecule has 0 fully saturated rings. The lowest BCUT2D eigenvalue weighted by molar-refractivity contribution is -0.113. The van der Waals surface area contributed by atoms with Crippen LogP contribution in [0.4, 0.5) is 5.69 Å². The number of amides is 1. The van der Waals surface area contributed by atoms with Crippen LogP contribution >= 0.6 is 35.0 Å². The van der Waals surface area contributed by atoms with Gasteiger partial charge in [-0.3, -0.25) is 4.79 Å². The van der Waals surface area contributed by atoms with Crippen molar-refractivity contribution in [3.63, 3.8) is 0 Å². The van der Waals surface area contributed by atoms with E-state index in [-0.39, 0.29) is 22.2 Å². The molecule has 8 heteroatoms. The van der Waals surface area contributed by atoms with Crippen LogP contribution in [0.1, 0.15) is 0 Å². The maximum absolute atomic E-state index is 12.1. The second-order valence-corrected chi connectivity index (χ2v) is 8.44. The maximum Gasteiger partial charge on any atom is 0.234 e. The first-order valence-corrected chi connectivity index (χ1v) is 10.1. The number of hydrogen-bond acceptors (Lipinski definition) is 4. The van der Waals surface area contributed by atoms with E-state index in [1.165, 1.54) is 17.8 Å². The predicted molar refractivity (Wildman–Crippen MR) is 95.4 cm³/mol. The normalized spacial score (nSPS) is 11.3. The molecule has 1 amide bonds. The Balaban J connectivity index is 2.10. The second-order valence-electron chi connectivity index (χ2n) is 4.66. The number of sulfone groups is 1. The molecule has 2 aromatic carbocycles. The highest BCUT2D eigenvalue weighted by atomic mass is 35.5. The van der Waals surface area contributed by atoms with Crippen molar-refractivity contribution in [3.05, 3.63) is 52.5 Å². The van der Waals surface area contributed by atoms with Crippen molar-refractivity contribution in [3.8, 4) is 0 Å². The summed E-state index contributed by atoms with van der Waals surface area (Å²) in [6.45, 7) is 0. The van der Waals surface area contributed by atoms with E-state index in [4.69, 9.17) is 23.2 Å². The predicted octanol–water partition coefficient (Wildman–Crippen LogP) is 4.13. The van der Waals surface area contributed by atoms with Crippen LogP contribution < -0.4 is 5.32 Å². The highest BCUT2D eigenvalue weighted by molar-refractivity contribution is 8.00. The summed E-state index contributed by atoms with van der Waals surface area (Å²) in [5, 5.41) is 3.53. The van der Waals surface area contributed by atoms with Crippen molar-refractivity contribution in [1.82, 2.24) is 0 Å². The summed E-state index contributed by atoms with van der Waals surface area (Å²) >= 11 is 13.3. The van der Waals surface area contributed by atoms with E-state index in [0.29, 0.717) is 14.9 Å². The van der Waals surface area contributed by atoms with Crippen LogP contribution in [0.2, 0.25) is 10.0 Å². The van der Waals surface area contributed by atoms with Crippen LogP contribution in [0.3, 0.4) is 0 Å². The number of nitrogens with one attached hydrogen (secondary N) is 1. The zero-order valence-electron chi connectivity index (χ0n) is 12.0. The molecule has 0 aromatic heterocycles. The minimum Gasteiger partial charge on any atom is -0.324 e. The SMILES string of the molecule is CS(=O)(=O)c1ccccc1NC(=O)CSc1c(Cl)cccc1Cl. The summed E-state index contributed by atoms with van der Waals surface area (Å²) in [6, 6.07) is 11.3. The number of carbonyl (C=O) groups is 1. The Morgan fingerprint density at radius 3 is 2.30 bits per heavy atom. The summed E-state index contributed by atoms with van der Waals surface area (Å²) < 4.78 is 23.4. The van der Waals surface area contributed by atoms with Crippen molar-refractivity contribution in [2.24, 2.45) is 0 Å². The van der Waals surface area contributed by atoms with E-state index in [9.17, 15) is 13.2 Å². The topological polar surface area (TPSA) is 63.2 Å². The van der Waals surface area contributed by atoms with Gasteiger partial charge in [-0.2, -0.15) is 0 Å². The van der Waals surface area contributed by atoms with Gasteiger partial charge in [0.15, 0.2) is 9.84 Å². The number of halogens is 2. The first-order chi connectivity index (χ1) is 10.8. The van der Waals surface area contributed by atoms with Gasteiger partial charge in [-0.15, -0.1) is 11.8 Å². The maximum atomic E-state index is 12.1. The molecule has 0 atom stereocenters. The third kappa shape index (κ3) is 4.88. The molecule has 0 aliphatic carbocycles. The highest BCUT2D eigenvalue weighted by Crippen LogP contribution is 2.33. The van der Waals surface area contributed by atoms with Gasteiger partial charge in [-0.05, 0) is 24.3 Å². The molecule has 2 aromatic rings. The third-order valence-electron chi connectivity index (χ3n) is 2.83. The molecule has 0 saturated heterocycles. The standard InChI is InChI=1S/C15H13Cl2NO3S2/c1-23(20,21)13-8-3-2-7-12(13)18-14(19)9-22-15-10(16)5-4-6-11(15)17/h2-8H,9H2,1H3,(H,18,19). The molecule has 4 nitrogen and oxygen atoms in total. The summed E-state index contributed by atoms with van der Waals surface area (Å²) in [4.78, 5) is 12.8. The zero-order chi connectivity index (χ0) is 17.0. The van der Waals surface area contributed by atoms with Gasteiger partial charge < -0.3 is 5.32 Å². The number of hydrogen-bond donors (Lipinski definition) is 1. The van der Waals surface area contributed by atoms with Gasteiger partial charge in [0.1, 0.15) is 0 Å². The average molecular weight is 390 g/mol. The highest BCUT2D eigenvalue weighted by Gasteiger charge is 2.15. The molecule has 2 rings (SSSR count). The Kier molecular flexibility index (Phi) is 5.97. The number of anilines is 1. The number of carbonyl (C=O) groups excluding carboxylic acids is 1. The molecule has 0 bridgehead atoms. The molecule has 0 radical (unpaired) electrons. The Labute approximate surface area is 149 Å². The van der Waals surface area contributed by atoms with Gasteiger partial charge in [0, 0.05) is 11.2 Å². The first-order valence-electron chi connectivity index (χ1n) is 6.45. The van der Waals surface area contributed by atoms with Crippen molar-refractivity contribution < 1.29 is 13.2 Å². The van der Waals surface area contributed by atoms with Crippen LogP contribution in [0.5, 0.6) is 0 Å². The molecule has 0 aliphatic rings. The molecule has 0 heterocycles. The van der Waals surface area contributed by atoms with Crippen LogP contribution in [0.25, 0.3) is 0 Å². The van der Waals surface area contributed by atoms with Crippen LogP contribution in [-0.2, 0) is 14.6 Å². The number of rotatable bonds is 5. The van der Waals surface area contributed by atoms with E-state index in [1.807, 2.05) is 0 Å². The van der Waals surface area contributed by atoms with Crippen molar-refractivity contribution >= 4 is 56.4 Å². The van der Waals surface area contributed by atoms with Crippen LogP contribution in [-0.4, -0.2) is 26.3 Å². The average Bonchev–Trinajstić information content (AvgIpc) is 2.46. The first kappa shape index (κ1) is 18.1. The fourth-order valence-electron chi connectivity index (χ4n) is 1.84. The fourth-order valence-corrected chi connectivity index (χ4v) is 4.17. The molecule has 0 spiro atoms. The van der Waals surface area contributed by atoms with E-state index >= 15 is 0 Å². The Bertz CT molecular complexity index is 818. The summed E-state index contributed by atoms with van der Waals surface area (Å²) in [5.74, 6) is -0.288. The molecule has 1 N–H and O–H groups in total. The lowest BCUT2D eigenvalue weighted by atomic mass is 10.3. The largest absolute Gasteiger partial charge is 0.324 e. The van der Waals surface area contributed by atoms with Gasteiger partial charge >= 0.3 is 0 Å². The van der Waals surface area contributed by atoms with E-state index in [0.717, 1.165) is 6.26 Å². The minimum absolute atomic E-state index is 0.0571. The van der Waals surface area contributed by atoms with Gasteiger partial charge in [0.05, 0.1) is 26.4 Å². The molecule has 0 aliphatic heterocycles. The zero-order valence-corrected chi connectivity index (χ0v) is 15.2. The second kappa shape index (κ2) is 7.57. The third-order valence-corrected chi connectivity index (χ3v) is 5.97. The molecular weight excluding hydrogens is 377 g/mol. The molecule has 0 saturated carbocycles. The lowest BCUT2D eigenvalue weighted by Crippen LogP contribution is -2.16. The van der Waals surface area contributed by atoms with E-state index in [2.05, 4.69) is 5.32 Å². The fraction of sp³-hybridized carbons (Fsp3) is 0.133. The van der Waals surface area contributed by atoms with Gasteiger partial charge in [0.25, 0.3) is 0 Å². The Morgan fingerprint density at radius 1 is 1.09 bits per heavy atom. The van der Waals surface area contributed by atoms with Crippen LogP contribution in [0.15, 0.2) is 52.3 Å². The summed E-state index contributed by atoms with van der Waals surface area (Å²) in [7, 11) is -3.42.